The average Bonchev–Trinajstić information content (AvgIpc) is 3.23. The number of hydrogen-bond acceptors (Lipinski definition) is 6. The van der Waals surface area contributed by atoms with Crippen LogP contribution in [0.4, 0.5) is 0 Å². The van der Waals surface area contributed by atoms with Gasteiger partial charge in [-0.05, 0) is 30.2 Å². The fourth-order valence-corrected chi connectivity index (χ4v) is 3.27. The van der Waals surface area contributed by atoms with Gasteiger partial charge in [-0.1, -0.05) is 42.5 Å². The maximum Gasteiger partial charge on any atom is 0.307 e. The number of methoxy groups -OCH3 is 1. The lowest BCUT2D eigenvalue weighted by atomic mass is 9.98. The van der Waals surface area contributed by atoms with Gasteiger partial charge in [0, 0.05) is 12.8 Å². The van der Waals surface area contributed by atoms with Crippen molar-refractivity contribution in [2.45, 2.75) is 38.3 Å². The van der Waals surface area contributed by atoms with E-state index in [1.165, 1.54) is 11.9 Å². The fourth-order valence-electron chi connectivity index (χ4n) is 3.27. The average molecular weight is 423 g/mol. The first-order valence-corrected chi connectivity index (χ1v) is 9.96. The molecule has 8 nitrogen and oxygen atoms in total. The van der Waals surface area contributed by atoms with E-state index in [0.717, 1.165) is 22.6 Å². The number of ether oxygens (including phenoxy) is 2. The van der Waals surface area contributed by atoms with Gasteiger partial charge in [-0.15, -0.1) is 0 Å². The van der Waals surface area contributed by atoms with Gasteiger partial charge in [-0.25, -0.2) is 5.01 Å². The predicted molar refractivity (Wildman–Crippen MR) is 114 cm³/mol. The second-order valence-corrected chi connectivity index (χ2v) is 7.18. The van der Waals surface area contributed by atoms with Crippen molar-refractivity contribution < 1.29 is 23.9 Å². The summed E-state index contributed by atoms with van der Waals surface area (Å²) in [5.41, 5.74) is 7.73. The molecule has 0 aromatic heterocycles. The third-order valence-electron chi connectivity index (χ3n) is 5.03. The van der Waals surface area contributed by atoms with Crippen LogP contribution in [0.5, 0.6) is 5.75 Å². The highest BCUT2D eigenvalue weighted by atomic mass is 16.5. The van der Waals surface area contributed by atoms with Gasteiger partial charge >= 0.3 is 5.97 Å². The number of hydrogen-bond donors (Lipinski definition) is 1. The Kier molecular flexibility index (Phi) is 7.02. The summed E-state index contributed by atoms with van der Waals surface area (Å²) in [6.45, 7) is 1.39. The molecule has 2 aromatic rings. The molecule has 2 aromatic carbocycles. The van der Waals surface area contributed by atoms with Crippen LogP contribution >= 0.6 is 0 Å². The number of nitrogens with zero attached hydrogens (tertiary/aromatic N) is 2. The van der Waals surface area contributed by atoms with Crippen LogP contribution < -0.4 is 10.5 Å². The second kappa shape index (κ2) is 9.88. The highest BCUT2D eigenvalue weighted by Gasteiger charge is 2.33. The largest absolute Gasteiger partial charge is 0.497 e. The second-order valence-electron chi connectivity index (χ2n) is 7.18. The maximum atomic E-state index is 12.9. The van der Waals surface area contributed by atoms with E-state index in [1.807, 2.05) is 54.6 Å². The van der Waals surface area contributed by atoms with Crippen molar-refractivity contribution in [2.24, 2.45) is 10.8 Å². The number of carbonyl (C=O) groups excluding carboxylic acids is 3. The number of esters is 1. The minimum absolute atomic E-state index is 0.0947. The molecule has 0 fully saturated rings. The van der Waals surface area contributed by atoms with Crippen LogP contribution in [-0.4, -0.2) is 41.7 Å². The Morgan fingerprint density at radius 3 is 2.39 bits per heavy atom. The number of hydrazone groups is 1. The van der Waals surface area contributed by atoms with E-state index in [2.05, 4.69) is 5.10 Å². The third kappa shape index (κ3) is 5.48. The molecule has 162 valence electrons. The number of primary amides is 1. The Morgan fingerprint density at radius 1 is 1.10 bits per heavy atom. The number of nitrogens with two attached hydrogens (primary N) is 1. The standard InChI is InChI=1S/C23H25N3O5/c1-15(23(24)29)31-22(28)13-12-21(27)26-20(17-8-10-18(30-2)11-9-17)14-19(25-26)16-6-4-3-5-7-16/h3-11,15,20H,12-14H2,1-2H3,(H2,24,29)/t15-,20-/m1/s1. The van der Waals surface area contributed by atoms with Crippen molar-refractivity contribution in [1.29, 1.82) is 0 Å². The van der Waals surface area contributed by atoms with E-state index in [1.54, 1.807) is 7.11 Å². The Morgan fingerprint density at radius 2 is 1.77 bits per heavy atom. The molecular weight excluding hydrogens is 398 g/mol. The summed E-state index contributed by atoms with van der Waals surface area (Å²) in [6, 6.07) is 16.8. The summed E-state index contributed by atoms with van der Waals surface area (Å²) in [5.74, 6) is -0.992. The van der Waals surface area contributed by atoms with E-state index in [-0.39, 0.29) is 24.8 Å². The molecule has 1 aliphatic heterocycles. The minimum Gasteiger partial charge on any atom is -0.497 e. The topological polar surface area (TPSA) is 111 Å². The Hall–Kier alpha value is -3.68. The summed E-state index contributed by atoms with van der Waals surface area (Å²) in [6.07, 6.45) is -0.754. The first kappa shape index (κ1) is 22.0. The molecule has 8 heteroatoms. The van der Waals surface area contributed by atoms with Gasteiger partial charge in [0.1, 0.15) is 5.75 Å². The molecule has 3 rings (SSSR count). The highest BCUT2D eigenvalue weighted by molar-refractivity contribution is 6.03. The van der Waals surface area contributed by atoms with Crippen LogP contribution in [0, 0.1) is 0 Å². The lowest BCUT2D eigenvalue weighted by molar-refractivity contribution is -0.155. The molecule has 0 bridgehead atoms. The molecule has 1 aliphatic rings. The summed E-state index contributed by atoms with van der Waals surface area (Å²) in [5, 5.41) is 5.99. The quantitative estimate of drug-likeness (QED) is 0.656. The van der Waals surface area contributed by atoms with Gasteiger partial charge in [-0.2, -0.15) is 5.10 Å². The molecule has 0 spiro atoms. The summed E-state index contributed by atoms with van der Waals surface area (Å²) >= 11 is 0. The zero-order valence-corrected chi connectivity index (χ0v) is 17.5. The zero-order chi connectivity index (χ0) is 22.4. The van der Waals surface area contributed by atoms with Gasteiger partial charge in [0.25, 0.3) is 5.91 Å². The van der Waals surface area contributed by atoms with Gasteiger partial charge < -0.3 is 15.2 Å². The van der Waals surface area contributed by atoms with Crippen molar-refractivity contribution in [3.05, 3.63) is 65.7 Å². The van der Waals surface area contributed by atoms with Gasteiger partial charge in [0.05, 0.1) is 25.3 Å². The molecule has 1 heterocycles. The molecule has 2 amide bonds. The molecule has 0 unspecified atom stereocenters. The van der Waals surface area contributed by atoms with Crippen molar-refractivity contribution in [3.8, 4) is 5.75 Å². The molecule has 0 aliphatic carbocycles. The van der Waals surface area contributed by atoms with Crippen molar-refractivity contribution in [1.82, 2.24) is 5.01 Å². The van der Waals surface area contributed by atoms with Gasteiger partial charge in [0.15, 0.2) is 6.10 Å². The fraction of sp³-hybridized carbons (Fsp3) is 0.304. The summed E-state index contributed by atoms with van der Waals surface area (Å²) in [7, 11) is 1.59. The first-order valence-electron chi connectivity index (χ1n) is 9.96. The van der Waals surface area contributed by atoms with Crippen LogP contribution in [-0.2, 0) is 19.1 Å². The number of carbonyl (C=O) groups is 3. The van der Waals surface area contributed by atoms with E-state index in [0.29, 0.717) is 6.42 Å². The SMILES string of the molecule is COc1ccc([C@H]2CC(c3ccccc3)=NN2C(=O)CCC(=O)O[C@H](C)C(N)=O)cc1. The molecule has 31 heavy (non-hydrogen) atoms. The van der Waals surface area contributed by atoms with Crippen LogP contribution in [0.3, 0.4) is 0 Å². The molecule has 2 atom stereocenters. The predicted octanol–water partition coefficient (Wildman–Crippen LogP) is 2.57. The van der Waals surface area contributed by atoms with Gasteiger partial charge in [0.2, 0.25) is 5.91 Å². The van der Waals surface area contributed by atoms with Crippen molar-refractivity contribution in [2.75, 3.05) is 7.11 Å². The van der Waals surface area contributed by atoms with Crippen molar-refractivity contribution >= 4 is 23.5 Å². The number of benzene rings is 2. The summed E-state index contributed by atoms with van der Waals surface area (Å²) < 4.78 is 10.1. The molecule has 0 radical (unpaired) electrons. The van der Waals surface area contributed by atoms with E-state index >= 15 is 0 Å². The third-order valence-corrected chi connectivity index (χ3v) is 5.03. The first-order chi connectivity index (χ1) is 14.9. The smallest absolute Gasteiger partial charge is 0.307 e. The van der Waals surface area contributed by atoms with Crippen LogP contribution in [0.1, 0.15) is 43.4 Å². The zero-order valence-electron chi connectivity index (χ0n) is 17.5. The van der Waals surface area contributed by atoms with Crippen LogP contribution in [0.2, 0.25) is 0 Å². The lowest BCUT2D eigenvalue weighted by Gasteiger charge is -2.22. The van der Waals surface area contributed by atoms with E-state index in [9.17, 15) is 14.4 Å². The van der Waals surface area contributed by atoms with Crippen LogP contribution in [0.15, 0.2) is 59.7 Å². The monoisotopic (exact) mass is 423 g/mol. The molecule has 2 N–H and O–H groups in total. The summed E-state index contributed by atoms with van der Waals surface area (Å²) in [4.78, 5) is 35.9. The van der Waals surface area contributed by atoms with Crippen molar-refractivity contribution in [3.63, 3.8) is 0 Å². The van der Waals surface area contributed by atoms with Crippen LogP contribution in [0.25, 0.3) is 0 Å². The molecular formula is C23H25N3O5. The molecule has 0 saturated heterocycles. The highest BCUT2D eigenvalue weighted by Crippen LogP contribution is 2.34. The Bertz CT molecular complexity index is 972. The molecule has 0 saturated carbocycles. The lowest BCUT2D eigenvalue weighted by Crippen LogP contribution is -2.31. The van der Waals surface area contributed by atoms with Gasteiger partial charge in [-0.3, -0.25) is 14.4 Å². The normalized spacial score (nSPS) is 16.4. The van der Waals surface area contributed by atoms with E-state index < -0.39 is 18.0 Å². The number of amides is 2. The minimum atomic E-state index is -1.04. The number of rotatable bonds is 8. The van der Waals surface area contributed by atoms with E-state index in [4.69, 9.17) is 15.2 Å². The Balaban J connectivity index is 1.76. The Labute approximate surface area is 180 Å². The maximum absolute atomic E-state index is 12.9.